The molecule has 6 rings (SSSR count). The first-order valence-electron chi connectivity index (χ1n) is 15.3. The van der Waals surface area contributed by atoms with E-state index in [1.54, 1.807) is 20.8 Å². The zero-order valence-electron chi connectivity index (χ0n) is 27.9. The Hall–Kier alpha value is -0.728. The predicted molar refractivity (Wildman–Crippen MR) is 165 cm³/mol. The number of carbonyl (C=O) groups excluding carboxylic acids is 3. The summed E-state index contributed by atoms with van der Waals surface area (Å²) in [5.74, 6) is -1.97. The van der Waals surface area contributed by atoms with Gasteiger partial charge in [0, 0.05) is 16.2 Å². The van der Waals surface area contributed by atoms with Crippen LogP contribution < -0.4 is 0 Å². The van der Waals surface area contributed by atoms with Gasteiger partial charge in [0.15, 0.2) is 17.3 Å². The molecule has 0 aromatic heterocycles. The molecule has 9 unspecified atom stereocenters. The summed E-state index contributed by atoms with van der Waals surface area (Å²) < 4.78 is 99.8. The fourth-order valence-corrected chi connectivity index (χ4v) is 14.2. The molecule has 12 nitrogen and oxygen atoms in total. The van der Waals surface area contributed by atoms with Crippen molar-refractivity contribution in [3.05, 3.63) is 0 Å². The summed E-state index contributed by atoms with van der Waals surface area (Å²) in [6.45, 7) is 16.8. The van der Waals surface area contributed by atoms with E-state index in [-0.39, 0.29) is 68.7 Å². The number of ketones is 3. The van der Waals surface area contributed by atoms with Crippen LogP contribution in [0.3, 0.4) is 0 Å². The van der Waals surface area contributed by atoms with Crippen LogP contribution in [0.5, 0.6) is 0 Å². The zero-order chi connectivity index (χ0) is 34.9. The van der Waals surface area contributed by atoms with Crippen LogP contribution in [0.1, 0.15) is 101 Å². The molecule has 6 bridgehead atoms. The number of Topliss-reactive ketones (excluding diaryl/α,β-unsaturated/α-hetero) is 3. The van der Waals surface area contributed by atoms with Gasteiger partial charge in [-0.15, -0.1) is 0 Å². The molecule has 0 N–H and O–H groups in total. The number of hydrogen-bond donors (Lipinski definition) is 0. The molecule has 0 aromatic rings. The second-order valence-electron chi connectivity index (χ2n) is 16.4. The van der Waals surface area contributed by atoms with Crippen molar-refractivity contribution in [3.8, 4) is 0 Å². The molecular formula is C30H45AlO12S3. The second kappa shape index (κ2) is 11.1. The van der Waals surface area contributed by atoms with Gasteiger partial charge in [0.2, 0.25) is 0 Å². The molecule has 6 saturated carbocycles. The van der Waals surface area contributed by atoms with Crippen LogP contribution in [0.15, 0.2) is 0 Å². The molecular weight excluding hydrogens is 676 g/mol. The Morgan fingerprint density at radius 3 is 0.717 bits per heavy atom. The minimum absolute atomic E-state index is 0. The van der Waals surface area contributed by atoms with E-state index in [1.807, 2.05) is 41.5 Å². The molecule has 6 aliphatic rings. The fraction of sp³-hybridized carbons (Fsp3) is 0.900. The van der Waals surface area contributed by atoms with Crippen LogP contribution in [0.2, 0.25) is 0 Å². The van der Waals surface area contributed by atoms with Crippen molar-refractivity contribution >= 4 is 65.1 Å². The topological polar surface area (TPSA) is 223 Å². The third kappa shape index (κ3) is 5.17. The fourth-order valence-electron chi connectivity index (χ4n) is 10.0. The van der Waals surface area contributed by atoms with E-state index >= 15 is 0 Å². The third-order valence-electron chi connectivity index (χ3n) is 14.3. The number of rotatable bonds is 3. The Bertz CT molecular complexity index is 1470. The average molecular weight is 721 g/mol. The van der Waals surface area contributed by atoms with Gasteiger partial charge >= 0.3 is 17.4 Å². The quantitative estimate of drug-likeness (QED) is 0.303. The summed E-state index contributed by atoms with van der Waals surface area (Å²) >= 11 is 0. The first-order chi connectivity index (χ1) is 19.9. The molecule has 0 aromatic carbocycles. The summed E-state index contributed by atoms with van der Waals surface area (Å²) in [5.41, 5.74) is -2.98. The summed E-state index contributed by atoms with van der Waals surface area (Å²) in [4.78, 5) is 35.9. The third-order valence-corrected chi connectivity index (χ3v) is 17.8. The van der Waals surface area contributed by atoms with Gasteiger partial charge in [-0.2, -0.15) is 0 Å². The molecule has 0 heterocycles. The number of fused-ring (bicyclic) bond motifs is 6. The smallest absolute Gasteiger partial charge is 0.747 e. The van der Waals surface area contributed by atoms with E-state index in [0.717, 1.165) is 0 Å². The van der Waals surface area contributed by atoms with Crippen molar-refractivity contribution in [2.24, 2.45) is 50.2 Å². The number of hydrogen-bond acceptors (Lipinski definition) is 12. The molecule has 0 amide bonds. The predicted octanol–water partition coefficient (Wildman–Crippen LogP) is 2.40. The van der Waals surface area contributed by atoms with Crippen LogP contribution in [0.25, 0.3) is 0 Å². The van der Waals surface area contributed by atoms with Crippen molar-refractivity contribution < 1.29 is 53.3 Å². The van der Waals surface area contributed by atoms with Crippen LogP contribution >= 0.6 is 0 Å². The van der Waals surface area contributed by atoms with Crippen LogP contribution in [-0.4, -0.2) is 89.4 Å². The standard InChI is InChI=1S/3C10H16O4S.Al/c3*1-9(2)6-4-5-10(9,3)8(11)7(6)15(12,13)14;/h3*6-7H,4-5H2,1-3H3,(H,12,13,14);/q;;;+3/p-3. The minimum atomic E-state index is -4.49. The summed E-state index contributed by atoms with van der Waals surface area (Å²) in [6, 6.07) is 0. The van der Waals surface area contributed by atoms with E-state index in [0.29, 0.717) is 38.5 Å². The summed E-state index contributed by atoms with van der Waals surface area (Å²) in [5, 5.41) is -3.90. The van der Waals surface area contributed by atoms with Crippen molar-refractivity contribution in [3.63, 3.8) is 0 Å². The molecule has 6 aliphatic carbocycles. The van der Waals surface area contributed by atoms with E-state index in [4.69, 9.17) is 0 Å². The van der Waals surface area contributed by atoms with E-state index in [1.165, 1.54) is 0 Å². The maximum Gasteiger partial charge on any atom is 3.00 e. The van der Waals surface area contributed by atoms with Crippen molar-refractivity contribution in [2.45, 2.75) is 117 Å². The minimum Gasteiger partial charge on any atom is -0.747 e. The van der Waals surface area contributed by atoms with E-state index in [9.17, 15) is 53.3 Å². The molecule has 46 heavy (non-hydrogen) atoms. The SMILES string of the molecule is CC12CCC(C(S(=O)(=O)[O-])C1=O)C2(C)C.CC12CCC(C(S(=O)(=O)[O-])C1=O)C2(C)C.CC12CCC(C(S(=O)(=O)[O-])C1=O)C2(C)C.[Al+3]. The molecule has 0 radical (unpaired) electrons. The van der Waals surface area contributed by atoms with Gasteiger partial charge in [0.05, 0.1) is 0 Å². The summed E-state index contributed by atoms with van der Waals surface area (Å²) in [6.07, 6.45) is 4.12. The van der Waals surface area contributed by atoms with E-state index in [2.05, 4.69) is 0 Å². The normalized spacial score (nSPS) is 42.7. The molecule has 258 valence electrons. The first-order valence-corrected chi connectivity index (χ1v) is 19.8. The Labute approximate surface area is 284 Å². The van der Waals surface area contributed by atoms with Crippen molar-refractivity contribution in [2.75, 3.05) is 0 Å². The monoisotopic (exact) mass is 720 g/mol. The van der Waals surface area contributed by atoms with Gasteiger partial charge < -0.3 is 13.7 Å². The van der Waals surface area contributed by atoms with Gasteiger partial charge in [-0.3, -0.25) is 14.4 Å². The van der Waals surface area contributed by atoms with Crippen molar-refractivity contribution in [1.82, 2.24) is 0 Å². The number of carbonyl (C=O) groups is 3. The molecule has 6 fully saturated rings. The largest absolute Gasteiger partial charge is 3.00 e. The average Bonchev–Trinajstić information content (AvgIpc) is 3.46. The van der Waals surface area contributed by atoms with Crippen LogP contribution in [-0.2, 0) is 44.7 Å². The molecule has 16 heteroatoms. The molecule has 0 saturated heterocycles. The van der Waals surface area contributed by atoms with Gasteiger partial charge in [0.25, 0.3) is 0 Å². The van der Waals surface area contributed by atoms with Gasteiger partial charge in [0.1, 0.15) is 46.1 Å². The van der Waals surface area contributed by atoms with Crippen LogP contribution in [0, 0.1) is 50.2 Å². The van der Waals surface area contributed by atoms with Gasteiger partial charge in [-0.1, -0.05) is 62.3 Å². The maximum atomic E-state index is 12.0. The van der Waals surface area contributed by atoms with Crippen molar-refractivity contribution in [1.29, 1.82) is 0 Å². The summed E-state index contributed by atoms with van der Waals surface area (Å²) in [7, 11) is -13.5. The first kappa shape index (κ1) is 39.7. The molecule has 0 spiro atoms. The van der Waals surface area contributed by atoms with Crippen LogP contribution in [0.4, 0.5) is 0 Å². The maximum absolute atomic E-state index is 12.0. The second-order valence-corrected chi connectivity index (χ2v) is 20.9. The Morgan fingerprint density at radius 1 is 0.457 bits per heavy atom. The Morgan fingerprint density at radius 2 is 0.630 bits per heavy atom. The Balaban J connectivity index is 0.000000186. The van der Waals surface area contributed by atoms with Gasteiger partial charge in [-0.25, -0.2) is 25.3 Å². The molecule has 9 atom stereocenters. The van der Waals surface area contributed by atoms with Gasteiger partial charge in [-0.05, 0) is 72.5 Å². The zero-order valence-corrected chi connectivity index (χ0v) is 31.5. The Kier molecular flexibility index (Phi) is 9.61. The molecule has 0 aliphatic heterocycles. The van der Waals surface area contributed by atoms with E-state index < -0.39 is 62.3 Å².